The van der Waals surface area contributed by atoms with E-state index in [9.17, 15) is 18.3 Å². The Morgan fingerprint density at radius 2 is 1.92 bits per heavy atom. The van der Waals surface area contributed by atoms with Crippen molar-refractivity contribution in [2.45, 2.75) is 30.2 Å². The summed E-state index contributed by atoms with van der Waals surface area (Å²) in [5.74, 6) is -0.207. The van der Waals surface area contributed by atoms with Gasteiger partial charge in [-0.05, 0) is 71.8 Å². The van der Waals surface area contributed by atoms with E-state index in [0.717, 1.165) is 29.3 Å². The van der Waals surface area contributed by atoms with E-state index in [1.807, 2.05) is 24.3 Å². The number of phenols is 1. The molecule has 1 aromatic heterocycles. The van der Waals surface area contributed by atoms with Gasteiger partial charge in [-0.25, -0.2) is 8.42 Å². The van der Waals surface area contributed by atoms with Crippen LogP contribution in [0.4, 0.5) is 0 Å². The number of para-hydroxylation sites is 1. The molecule has 1 fully saturated rings. The minimum atomic E-state index is -4.06. The smallest absolute Gasteiger partial charge is 0.241 e. The maximum absolute atomic E-state index is 13.5. The predicted octanol–water partition coefficient (Wildman–Crippen LogP) is 2.64. The Morgan fingerprint density at radius 3 is 2.74 bits per heavy atom. The molecular formula is C28H32N6O4S. The van der Waals surface area contributed by atoms with Gasteiger partial charge >= 0.3 is 0 Å². The largest absolute Gasteiger partial charge is 0.508 e. The van der Waals surface area contributed by atoms with Crippen LogP contribution < -0.4 is 15.8 Å². The van der Waals surface area contributed by atoms with Gasteiger partial charge in [0.2, 0.25) is 15.9 Å². The summed E-state index contributed by atoms with van der Waals surface area (Å²) in [6, 6.07) is 15.9. The number of likely N-dealkylation sites (tertiary alicyclic amines) is 1. The monoisotopic (exact) mass is 548 g/mol. The molecule has 39 heavy (non-hydrogen) atoms. The van der Waals surface area contributed by atoms with Crippen molar-refractivity contribution in [3.05, 3.63) is 72.4 Å². The Labute approximate surface area is 226 Å². The number of benzene rings is 3. The maximum atomic E-state index is 13.5. The highest BCUT2D eigenvalue weighted by atomic mass is 32.2. The predicted molar refractivity (Wildman–Crippen MR) is 151 cm³/mol. The van der Waals surface area contributed by atoms with E-state index in [0.29, 0.717) is 30.4 Å². The fourth-order valence-corrected chi connectivity index (χ4v) is 6.39. The number of rotatable bonds is 8. The first kappa shape index (κ1) is 26.5. The molecule has 1 saturated heterocycles. The van der Waals surface area contributed by atoms with Crippen molar-refractivity contribution < 1.29 is 18.3 Å². The summed E-state index contributed by atoms with van der Waals surface area (Å²) in [5.41, 5.74) is 7.38. The number of carbonyl (C=O) groups is 1. The molecule has 4 aromatic rings. The standard InChI is InChI=1S/C28H32N6O4S/c29-28(30)34-11-3-4-18(17-34)15-32-27(36)26(14-21-16-31-25-6-2-1-5-24(21)25)33-39(37,38)23-10-8-19-12-22(35)9-7-20(19)13-23/h1-2,5-10,12-13,16,18,26,31,33,35H,3-4,11,14-15,17H2,(H3,29,30)(H,32,36)/t18?,26-/m1/s1. The highest BCUT2D eigenvalue weighted by molar-refractivity contribution is 7.89. The zero-order valence-corrected chi connectivity index (χ0v) is 22.2. The summed E-state index contributed by atoms with van der Waals surface area (Å²) in [4.78, 5) is 18.5. The van der Waals surface area contributed by atoms with E-state index >= 15 is 0 Å². The normalized spacial score (nSPS) is 16.8. The minimum Gasteiger partial charge on any atom is -0.508 e. The first-order chi connectivity index (χ1) is 18.7. The number of hydrogen-bond donors (Lipinski definition) is 6. The lowest BCUT2D eigenvalue weighted by Crippen LogP contribution is -2.51. The molecule has 0 radical (unpaired) electrons. The van der Waals surface area contributed by atoms with Crippen molar-refractivity contribution in [2.75, 3.05) is 19.6 Å². The molecule has 1 aliphatic rings. The summed E-state index contributed by atoms with van der Waals surface area (Å²) < 4.78 is 29.6. The highest BCUT2D eigenvalue weighted by Gasteiger charge is 2.28. The van der Waals surface area contributed by atoms with Gasteiger partial charge in [-0.1, -0.05) is 30.3 Å². The fraction of sp³-hybridized carbons (Fsp3) is 0.286. The molecule has 11 heteroatoms. The Morgan fingerprint density at radius 1 is 1.15 bits per heavy atom. The average Bonchev–Trinajstić information content (AvgIpc) is 3.33. The summed E-state index contributed by atoms with van der Waals surface area (Å²) in [7, 11) is -4.06. The molecule has 1 amide bonds. The van der Waals surface area contributed by atoms with Crippen LogP contribution in [0.25, 0.3) is 21.7 Å². The molecule has 1 unspecified atom stereocenters. The number of fused-ring (bicyclic) bond motifs is 2. The van der Waals surface area contributed by atoms with Gasteiger partial charge in [0.05, 0.1) is 4.90 Å². The third kappa shape index (κ3) is 5.99. The minimum absolute atomic E-state index is 0.0154. The summed E-state index contributed by atoms with van der Waals surface area (Å²) in [6.07, 6.45) is 3.70. The first-order valence-electron chi connectivity index (χ1n) is 12.9. The Kier molecular flexibility index (Phi) is 7.45. The van der Waals surface area contributed by atoms with Crippen molar-refractivity contribution in [1.82, 2.24) is 19.9 Å². The molecule has 0 aliphatic carbocycles. The van der Waals surface area contributed by atoms with Crippen molar-refractivity contribution in [3.63, 3.8) is 0 Å². The Hall–Kier alpha value is -4.09. The molecular weight excluding hydrogens is 516 g/mol. The second-order valence-electron chi connectivity index (χ2n) is 10.0. The van der Waals surface area contributed by atoms with Gasteiger partial charge < -0.3 is 26.0 Å². The molecule has 2 heterocycles. The van der Waals surface area contributed by atoms with Crippen LogP contribution in [-0.2, 0) is 21.2 Å². The number of carbonyl (C=O) groups excluding carboxylic acids is 1. The van der Waals surface area contributed by atoms with E-state index in [1.165, 1.54) is 18.2 Å². The number of phenolic OH excluding ortho intramolecular Hbond substituents is 1. The molecule has 10 nitrogen and oxygen atoms in total. The molecule has 0 saturated carbocycles. The Balaban J connectivity index is 1.38. The number of amides is 1. The van der Waals surface area contributed by atoms with Gasteiger partial charge in [0, 0.05) is 36.7 Å². The van der Waals surface area contributed by atoms with Gasteiger partial charge in [0.15, 0.2) is 5.96 Å². The third-order valence-corrected chi connectivity index (χ3v) is 8.71. The van der Waals surface area contributed by atoms with Crippen LogP contribution >= 0.6 is 0 Å². The maximum Gasteiger partial charge on any atom is 0.241 e. The van der Waals surface area contributed by atoms with Crippen LogP contribution in [0.3, 0.4) is 0 Å². The second kappa shape index (κ2) is 11.0. The van der Waals surface area contributed by atoms with Crippen LogP contribution in [0, 0.1) is 11.3 Å². The number of piperidine rings is 1. The topological polar surface area (TPSA) is 164 Å². The second-order valence-corrected chi connectivity index (χ2v) is 11.7. The van der Waals surface area contributed by atoms with Crippen molar-refractivity contribution >= 4 is 43.6 Å². The number of nitrogens with one attached hydrogen (secondary N) is 4. The van der Waals surface area contributed by atoms with Crippen LogP contribution in [0.2, 0.25) is 0 Å². The van der Waals surface area contributed by atoms with E-state index in [4.69, 9.17) is 11.1 Å². The van der Waals surface area contributed by atoms with Crippen molar-refractivity contribution in [2.24, 2.45) is 11.7 Å². The summed E-state index contributed by atoms with van der Waals surface area (Å²) >= 11 is 0. The lowest BCUT2D eigenvalue weighted by molar-refractivity contribution is -0.122. The third-order valence-electron chi connectivity index (χ3n) is 7.24. The molecule has 1 aliphatic heterocycles. The number of H-pyrrole nitrogens is 1. The average molecular weight is 549 g/mol. The van der Waals surface area contributed by atoms with Crippen LogP contribution in [0.1, 0.15) is 18.4 Å². The fourth-order valence-electron chi connectivity index (χ4n) is 5.16. The summed E-state index contributed by atoms with van der Waals surface area (Å²) in [6.45, 7) is 1.64. The molecule has 5 rings (SSSR count). The van der Waals surface area contributed by atoms with Gasteiger partial charge in [0.1, 0.15) is 11.8 Å². The molecule has 0 spiro atoms. The van der Waals surface area contributed by atoms with Crippen LogP contribution in [0.15, 0.2) is 71.8 Å². The quantitative estimate of drug-likeness (QED) is 0.146. The van der Waals surface area contributed by atoms with Crippen LogP contribution in [0.5, 0.6) is 5.75 Å². The van der Waals surface area contributed by atoms with Crippen LogP contribution in [-0.4, -0.2) is 61.0 Å². The van der Waals surface area contributed by atoms with E-state index in [1.54, 1.807) is 29.3 Å². The Bertz CT molecular complexity index is 1630. The molecule has 2 atom stereocenters. The van der Waals surface area contributed by atoms with Gasteiger partial charge in [-0.3, -0.25) is 10.2 Å². The highest BCUT2D eigenvalue weighted by Crippen LogP contribution is 2.24. The number of nitrogens with zero attached hydrogens (tertiary/aromatic N) is 1. The number of guanidine groups is 1. The van der Waals surface area contributed by atoms with Gasteiger partial charge in [0.25, 0.3) is 0 Å². The van der Waals surface area contributed by atoms with E-state index in [-0.39, 0.29) is 28.9 Å². The molecule has 204 valence electrons. The lowest BCUT2D eigenvalue weighted by Gasteiger charge is -2.33. The zero-order valence-electron chi connectivity index (χ0n) is 21.4. The van der Waals surface area contributed by atoms with E-state index in [2.05, 4.69) is 15.0 Å². The lowest BCUT2D eigenvalue weighted by atomic mass is 9.98. The number of sulfonamides is 1. The van der Waals surface area contributed by atoms with Crippen molar-refractivity contribution in [1.29, 1.82) is 5.41 Å². The first-order valence-corrected chi connectivity index (χ1v) is 14.3. The molecule has 3 aromatic carbocycles. The number of aromatic amines is 1. The van der Waals surface area contributed by atoms with Gasteiger partial charge in [-0.2, -0.15) is 4.72 Å². The molecule has 0 bridgehead atoms. The number of nitrogens with two attached hydrogens (primary N) is 1. The zero-order chi connectivity index (χ0) is 27.6. The number of hydrogen-bond acceptors (Lipinski definition) is 5. The van der Waals surface area contributed by atoms with E-state index < -0.39 is 22.0 Å². The number of aromatic hydroxyl groups is 1. The number of aromatic nitrogens is 1. The van der Waals surface area contributed by atoms with Crippen molar-refractivity contribution in [3.8, 4) is 5.75 Å². The summed E-state index contributed by atoms with van der Waals surface area (Å²) in [5, 5.41) is 22.6. The SMILES string of the molecule is N=C(N)N1CCCC(CNC(=O)[C@@H](Cc2c[nH]c3ccccc23)NS(=O)(=O)c2ccc3cc(O)ccc3c2)C1. The molecule has 7 N–H and O–H groups in total. The van der Waals surface area contributed by atoms with Gasteiger partial charge in [-0.15, -0.1) is 0 Å².